The van der Waals surface area contributed by atoms with E-state index in [0.717, 1.165) is 0 Å². The summed E-state index contributed by atoms with van der Waals surface area (Å²) in [6.45, 7) is 6.64. The summed E-state index contributed by atoms with van der Waals surface area (Å²) in [6, 6.07) is 9.46. The Morgan fingerprint density at radius 1 is 1.00 bits per heavy atom. The minimum atomic E-state index is -0.389. The molecule has 3 aromatic rings. The van der Waals surface area contributed by atoms with E-state index in [2.05, 4.69) is 34.7 Å². The van der Waals surface area contributed by atoms with Gasteiger partial charge in [0, 0.05) is 6.54 Å². The Balaban J connectivity index is 1.75. The van der Waals surface area contributed by atoms with Gasteiger partial charge in [-0.15, -0.1) is 10.2 Å². The van der Waals surface area contributed by atoms with E-state index in [1.807, 2.05) is 11.5 Å². The zero-order chi connectivity index (χ0) is 26.4. The first kappa shape index (κ1) is 28.6. The average molecular weight is 589 g/mol. The Hall–Kier alpha value is -1.97. The summed E-state index contributed by atoms with van der Waals surface area (Å²) >= 11 is 25.6. The van der Waals surface area contributed by atoms with Crippen LogP contribution in [0.2, 0.25) is 20.1 Å². The fraction of sp³-hybridized carbons (Fsp3) is 0.333. The van der Waals surface area contributed by atoms with Crippen LogP contribution in [0.4, 0.5) is 5.69 Å². The third-order valence-electron chi connectivity index (χ3n) is 5.12. The molecule has 36 heavy (non-hydrogen) atoms. The van der Waals surface area contributed by atoms with Crippen molar-refractivity contribution in [2.75, 3.05) is 11.1 Å². The number of halogens is 4. The fourth-order valence-corrected chi connectivity index (χ4v) is 5.10. The molecule has 0 saturated heterocycles. The summed E-state index contributed by atoms with van der Waals surface area (Å²) in [5.41, 5.74) is 0.760. The average Bonchev–Trinajstić information content (AvgIpc) is 3.23. The van der Waals surface area contributed by atoms with Gasteiger partial charge in [0.2, 0.25) is 5.91 Å². The molecule has 12 heteroatoms. The lowest BCUT2D eigenvalue weighted by molar-refractivity contribution is -0.113. The zero-order valence-electron chi connectivity index (χ0n) is 19.8. The normalized spacial score (nSPS) is 12.0. The monoisotopic (exact) mass is 587 g/mol. The van der Waals surface area contributed by atoms with E-state index in [1.54, 1.807) is 24.3 Å². The summed E-state index contributed by atoms with van der Waals surface area (Å²) in [5.74, 6) is 0.376. The minimum Gasteiger partial charge on any atom is -0.342 e. The van der Waals surface area contributed by atoms with Crippen LogP contribution in [0.5, 0.6) is 0 Å². The lowest BCUT2D eigenvalue weighted by Crippen LogP contribution is -2.31. The summed E-state index contributed by atoms with van der Waals surface area (Å²) in [4.78, 5) is 25.5. The second kappa shape index (κ2) is 13.0. The maximum atomic E-state index is 13.0. The van der Waals surface area contributed by atoms with Crippen molar-refractivity contribution in [2.45, 2.75) is 44.9 Å². The maximum Gasteiger partial charge on any atom is 0.253 e. The first-order chi connectivity index (χ1) is 17.1. The molecule has 0 saturated carbocycles. The Kier molecular flexibility index (Phi) is 10.3. The van der Waals surface area contributed by atoms with E-state index in [-0.39, 0.29) is 39.6 Å². The van der Waals surface area contributed by atoms with E-state index in [9.17, 15) is 9.59 Å². The van der Waals surface area contributed by atoms with E-state index in [1.165, 1.54) is 23.9 Å². The number of amides is 2. The molecule has 1 atom stereocenters. The number of rotatable bonds is 10. The molecule has 0 spiro atoms. The van der Waals surface area contributed by atoms with Crippen molar-refractivity contribution >= 4 is 75.7 Å². The van der Waals surface area contributed by atoms with Gasteiger partial charge in [-0.2, -0.15) is 0 Å². The Morgan fingerprint density at radius 3 is 2.36 bits per heavy atom. The smallest absolute Gasteiger partial charge is 0.253 e. The number of hydrogen-bond donors (Lipinski definition) is 2. The zero-order valence-corrected chi connectivity index (χ0v) is 23.7. The van der Waals surface area contributed by atoms with Crippen LogP contribution < -0.4 is 10.6 Å². The van der Waals surface area contributed by atoms with E-state index in [4.69, 9.17) is 46.4 Å². The van der Waals surface area contributed by atoms with Gasteiger partial charge in [0.05, 0.1) is 43.1 Å². The molecular weight excluding hydrogens is 564 g/mol. The molecule has 0 fully saturated rings. The number of anilines is 1. The van der Waals surface area contributed by atoms with Crippen molar-refractivity contribution < 1.29 is 9.59 Å². The van der Waals surface area contributed by atoms with Crippen LogP contribution in [0.15, 0.2) is 41.6 Å². The molecule has 0 bridgehead atoms. The number of carbonyl (C=O) groups excluding carboxylic acids is 2. The fourth-order valence-electron chi connectivity index (χ4n) is 3.48. The first-order valence-corrected chi connectivity index (χ1v) is 13.7. The largest absolute Gasteiger partial charge is 0.342 e. The van der Waals surface area contributed by atoms with Crippen molar-refractivity contribution in [3.63, 3.8) is 0 Å². The van der Waals surface area contributed by atoms with Crippen LogP contribution in [0.1, 0.15) is 49.4 Å². The highest BCUT2D eigenvalue weighted by Gasteiger charge is 2.25. The SMILES string of the molecule is CCn1c(SCC(=O)Nc2cc(Cl)c(Cl)cc2Cl)nnc1[C@H](CC(C)C)NC(=O)c1ccccc1Cl. The lowest BCUT2D eigenvalue weighted by atomic mass is 10.0. The molecule has 0 radical (unpaired) electrons. The van der Waals surface area contributed by atoms with Crippen molar-refractivity contribution in [1.29, 1.82) is 0 Å². The van der Waals surface area contributed by atoms with Gasteiger partial charge < -0.3 is 15.2 Å². The molecule has 1 aromatic heterocycles. The van der Waals surface area contributed by atoms with Gasteiger partial charge in [-0.1, -0.05) is 84.1 Å². The standard InChI is InChI=1S/C24H25Cl4N5O2S/c1-4-33-22(20(9-13(2)3)30-23(35)14-7-5-6-8-15(14)25)31-32-24(33)36-12-21(34)29-19-11-17(27)16(26)10-18(19)28/h5-8,10-11,13,20H,4,9,12H2,1-3H3,(H,29,34)(H,30,35)/t20-/m0/s1. The molecular formula is C24H25Cl4N5O2S. The van der Waals surface area contributed by atoms with Crippen molar-refractivity contribution in [1.82, 2.24) is 20.1 Å². The molecule has 2 amide bonds. The summed E-state index contributed by atoms with van der Waals surface area (Å²) in [5, 5.41) is 16.2. The van der Waals surface area contributed by atoms with Crippen LogP contribution in [-0.4, -0.2) is 32.3 Å². The van der Waals surface area contributed by atoms with Crippen LogP contribution >= 0.6 is 58.2 Å². The quantitative estimate of drug-likeness (QED) is 0.194. The van der Waals surface area contributed by atoms with Crippen LogP contribution in [0.25, 0.3) is 0 Å². The van der Waals surface area contributed by atoms with E-state index >= 15 is 0 Å². The second-order valence-electron chi connectivity index (χ2n) is 8.30. The molecule has 0 unspecified atom stereocenters. The maximum absolute atomic E-state index is 13.0. The van der Waals surface area contributed by atoms with Crippen LogP contribution in [0.3, 0.4) is 0 Å². The highest BCUT2D eigenvalue weighted by atomic mass is 35.5. The summed E-state index contributed by atoms with van der Waals surface area (Å²) < 4.78 is 1.89. The number of carbonyl (C=O) groups is 2. The molecule has 3 rings (SSSR count). The van der Waals surface area contributed by atoms with Crippen LogP contribution in [-0.2, 0) is 11.3 Å². The third kappa shape index (κ3) is 7.29. The van der Waals surface area contributed by atoms with Gasteiger partial charge in [0.15, 0.2) is 11.0 Å². The number of nitrogens with one attached hydrogen (secondary N) is 2. The molecule has 1 heterocycles. The first-order valence-electron chi connectivity index (χ1n) is 11.2. The van der Waals surface area contributed by atoms with Gasteiger partial charge in [-0.25, -0.2) is 0 Å². The van der Waals surface area contributed by atoms with Gasteiger partial charge in [0.25, 0.3) is 5.91 Å². The topological polar surface area (TPSA) is 88.9 Å². The lowest BCUT2D eigenvalue weighted by Gasteiger charge is -2.21. The number of nitrogens with zero attached hydrogens (tertiary/aromatic N) is 3. The number of aromatic nitrogens is 3. The molecule has 0 aliphatic rings. The van der Waals surface area contributed by atoms with Gasteiger partial charge in [-0.05, 0) is 43.5 Å². The Bertz CT molecular complexity index is 1250. The van der Waals surface area contributed by atoms with E-state index in [0.29, 0.717) is 45.2 Å². The van der Waals surface area contributed by atoms with Crippen molar-refractivity contribution in [2.24, 2.45) is 5.92 Å². The minimum absolute atomic E-state index is 0.0650. The highest BCUT2D eigenvalue weighted by molar-refractivity contribution is 7.99. The summed E-state index contributed by atoms with van der Waals surface area (Å²) in [7, 11) is 0. The third-order valence-corrected chi connectivity index (χ3v) is 7.45. The second-order valence-corrected chi connectivity index (χ2v) is 10.9. The van der Waals surface area contributed by atoms with Crippen molar-refractivity contribution in [3.8, 4) is 0 Å². The van der Waals surface area contributed by atoms with Crippen molar-refractivity contribution in [3.05, 3.63) is 67.9 Å². The van der Waals surface area contributed by atoms with E-state index < -0.39 is 0 Å². The summed E-state index contributed by atoms with van der Waals surface area (Å²) in [6.07, 6.45) is 0.648. The predicted molar refractivity (Wildman–Crippen MR) is 148 cm³/mol. The molecule has 2 N–H and O–H groups in total. The molecule has 2 aromatic carbocycles. The molecule has 192 valence electrons. The molecule has 0 aliphatic carbocycles. The van der Waals surface area contributed by atoms with Crippen LogP contribution in [0, 0.1) is 5.92 Å². The van der Waals surface area contributed by atoms with Gasteiger partial charge >= 0.3 is 0 Å². The molecule has 0 aliphatic heterocycles. The Labute approximate surface area is 234 Å². The number of hydrogen-bond acceptors (Lipinski definition) is 5. The van der Waals surface area contributed by atoms with Gasteiger partial charge in [0.1, 0.15) is 0 Å². The Morgan fingerprint density at radius 2 is 1.69 bits per heavy atom. The molecule has 7 nitrogen and oxygen atoms in total. The number of benzene rings is 2. The highest BCUT2D eigenvalue weighted by Crippen LogP contribution is 2.32. The predicted octanol–water partition coefficient (Wildman–Crippen LogP) is 7.16. The van der Waals surface area contributed by atoms with Gasteiger partial charge in [-0.3, -0.25) is 9.59 Å². The number of thioether (sulfide) groups is 1.